The Bertz CT molecular complexity index is 1760. The average Bonchev–Trinajstić information content (AvgIpc) is 3.03. The lowest BCUT2D eigenvalue weighted by molar-refractivity contribution is 0.493. The van der Waals surface area contributed by atoms with E-state index in [4.69, 9.17) is 4.74 Å². The van der Waals surface area contributed by atoms with Crippen molar-refractivity contribution in [2.24, 2.45) is 0 Å². The zero-order chi connectivity index (χ0) is 24.6. The van der Waals surface area contributed by atoms with E-state index in [1.165, 1.54) is 59.8 Å². The van der Waals surface area contributed by atoms with Crippen LogP contribution >= 0.6 is 0 Å². The van der Waals surface area contributed by atoms with Crippen LogP contribution < -0.4 is 21.1 Å². The second-order valence-electron chi connectivity index (χ2n) is 10.9. The van der Waals surface area contributed by atoms with E-state index >= 15 is 0 Å². The van der Waals surface area contributed by atoms with Gasteiger partial charge in [-0.3, -0.25) is 0 Å². The van der Waals surface area contributed by atoms with Crippen molar-refractivity contribution in [3.8, 4) is 11.5 Å². The Labute approximate surface area is 213 Å². The van der Waals surface area contributed by atoms with E-state index in [-0.39, 0.29) is 6.71 Å². The molecule has 0 aliphatic carbocycles. The summed E-state index contributed by atoms with van der Waals surface area (Å²) < 4.78 is 6.73. The van der Waals surface area contributed by atoms with Gasteiger partial charge >= 0.3 is 0 Å². The molecule has 0 saturated heterocycles. The smallest absolute Gasteiger partial charge is 0.247 e. The van der Waals surface area contributed by atoms with Crippen molar-refractivity contribution < 1.29 is 4.74 Å². The number of hydrogen-bond acceptors (Lipinski definition) is 1. The lowest BCUT2D eigenvalue weighted by Gasteiger charge is -2.24. The number of hydrogen-bond donors (Lipinski definition) is 0. The Morgan fingerprint density at radius 1 is 0.556 bits per heavy atom. The van der Waals surface area contributed by atoms with E-state index in [0.29, 0.717) is 11.8 Å². The van der Waals surface area contributed by atoms with Crippen LogP contribution in [0.15, 0.2) is 91.0 Å². The molecule has 0 unspecified atom stereocenters. The molecule has 0 fully saturated rings. The highest BCUT2D eigenvalue weighted by Crippen LogP contribution is 2.44. The molecule has 0 saturated carbocycles. The second kappa shape index (κ2) is 7.86. The molecule has 1 aliphatic rings. The summed E-state index contributed by atoms with van der Waals surface area (Å²) in [5.41, 5.74) is 6.73. The minimum Gasteiger partial charge on any atom is -0.457 e. The van der Waals surface area contributed by atoms with Gasteiger partial charge in [0.05, 0.1) is 0 Å². The Kier molecular flexibility index (Phi) is 4.70. The van der Waals surface area contributed by atoms with Gasteiger partial charge in [0.1, 0.15) is 11.5 Å². The fourth-order valence-electron chi connectivity index (χ4n) is 6.43. The standard InChI is InChI=1S/C34H29BO/c1-20(2)25-18-26(21(3)4)27-19-29-34-31(17-15-22-14-16-24(25)33(27)32(22)34)36-30-13-9-8-12-28(30)35(29)23-10-6-5-7-11-23/h5-21H,1-4H3. The van der Waals surface area contributed by atoms with Gasteiger partial charge in [0.25, 0.3) is 0 Å². The van der Waals surface area contributed by atoms with Gasteiger partial charge in [0, 0.05) is 10.8 Å². The van der Waals surface area contributed by atoms with Crippen molar-refractivity contribution in [1.82, 2.24) is 0 Å². The first-order valence-corrected chi connectivity index (χ1v) is 13.1. The summed E-state index contributed by atoms with van der Waals surface area (Å²) in [4.78, 5) is 0. The molecule has 0 radical (unpaired) electrons. The number of benzene rings is 6. The quantitative estimate of drug-likeness (QED) is 0.195. The first-order valence-electron chi connectivity index (χ1n) is 13.1. The van der Waals surface area contributed by atoms with Gasteiger partial charge in [-0.05, 0) is 62.1 Å². The average molecular weight is 464 g/mol. The molecular formula is C34H29BO. The number of para-hydroxylation sites is 1. The summed E-state index contributed by atoms with van der Waals surface area (Å²) >= 11 is 0. The molecule has 0 aromatic heterocycles. The highest BCUT2D eigenvalue weighted by Gasteiger charge is 2.33. The molecule has 36 heavy (non-hydrogen) atoms. The van der Waals surface area contributed by atoms with Gasteiger partial charge in [-0.25, -0.2) is 0 Å². The summed E-state index contributed by atoms with van der Waals surface area (Å²) in [5, 5.41) is 8.03. The third-order valence-electron chi connectivity index (χ3n) is 8.08. The Morgan fingerprint density at radius 3 is 2.03 bits per heavy atom. The summed E-state index contributed by atoms with van der Waals surface area (Å²) in [7, 11) is 0. The molecule has 174 valence electrons. The largest absolute Gasteiger partial charge is 0.457 e. The van der Waals surface area contributed by atoms with Crippen molar-refractivity contribution >= 4 is 55.4 Å². The van der Waals surface area contributed by atoms with E-state index in [1.54, 1.807) is 0 Å². The monoisotopic (exact) mass is 464 g/mol. The van der Waals surface area contributed by atoms with Crippen LogP contribution in [0, 0.1) is 0 Å². The van der Waals surface area contributed by atoms with Gasteiger partial charge in [-0.15, -0.1) is 0 Å². The summed E-state index contributed by atoms with van der Waals surface area (Å²) in [6, 6.07) is 33.5. The molecule has 6 aromatic carbocycles. The summed E-state index contributed by atoms with van der Waals surface area (Å²) in [6.45, 7) is 9.38. The Morgan fingerprint density at radius 2 is 1.25 bits per heavy atom. The SMILES string of the molecule is CC(C)c1cc(C(C)C)c2cc3c4c(ccc5ccc1c2c54)Oc1ccccc1B3c1ccccc1. The summed E-state index contributed by atoms with van der Waals surface area (Å²) in [5.74, 6) is 2.79. The van der Waals surface area contributed by atoms with Crippen molar-refractivity contribution in [3.63, 3.8) is 0 Å². The zero-order valence-corrected chi connectivity index (χ0v) is 21.3. The predicted octanol–water partition coefficient (Wildman–Crippen LogP) is 7.45. The van der Waals surface area contributed by atoms with Crippen molar-refractivity contribution in [2.75, 3.05) is 0 Å². The fourth-order valence-corrected chi connectivity index (χ4v) is 6.43. The predicted molar refractivity (Wildman–Crippen MR) is 156 cm³/mol. The normalized spacial score (nSPS) is 13.1. The highest BCUT2D eigenvalue weighted by atomic mass is 16.5. The maximum atomic E-state index is 6.73. The van der Waals surface area contributed by atoms with Gasteiger partial charge in [0.2, 0.25) is 6.71 Å². The lowest BCUT2D eigenvalue weighted by atomic mass is 9.36. The van der Waals surface area contributed by atoms with Crippen molar-refractivity contribution in [1.29, 1.82) is 0 Å². The minimum absolute atomic E-state index is 0.0995. The maximum absolute atomic E-state index is 6.73. The van der Waals surface area contributed by atoms with Crippen LogP contribution in [0.4, 0.5) is 0 Å². The third kappa shape index (κ3) is 2.97. The molecule has 0 N–H and O–H groups in total. The molecule has 1 heterocycles. The van der Waals surface area contributed by atoms with Crippen LogP contribution in [0.3, 0.4) is 0 Å². The third-order valence-corrected chi connectivity index (χ3v) is 8.08. The molecule has 0 amide bonds. The van der Waals surface area contributed by atoms with Crippen LogP contribution in [0.2, 0.25) is 0 Å². The van der Waals surface area contributed by atoms with E-state index in [0.717, 1.165) is 11.5 Å². The van der Waals surface area contributed by atoms with Crippen molar-refractivity contribution in [2.45, 2.75) is 39.5 Å². The molecule has 7 rings (SSSR count). The molecule has 2 heteroatoms. The van der Waals surface area contributed by atoms with Crippen LogP contribution in [0.25, 0.3) is 32.3 Å². The molecule has 0 spiro atoms. The summed E-state index contributed by atoms with van der Waals surface area (Å²) in [6.07, 6.45) is 0. The molecule has 1 nitrogen and oxygen atoms in total. The molecule has 0 bridgehead atoms. The molecular weight excluding hydrogens is 435 g/mol. The minimum atomic E-state index is 0.0995. The molecule has 1 aliphatic heterocycles. The van der Waals surface area contributed by atoms with E-state index in [2.05, 4.69) is 119 Å². The maximum Gasteiger partial charge on any atom is 0.247 e. The number of fused-ring (bicyclic) bond motifs is 1. The first-order chi connectivity index (χ1) is 17.5. The van der Waals surface area contributed by atoms with Gasteiger partial charge in [0.15, 0.2) is 0 Å². The topological polar surface area (TPSA) is 9.23 Å². The number of ether oxygens (including phenoxy) is 1. The zero-order valence-electron chi connectivity index (χ0n) is 21.3. The van der Waals surface area contributed by atoms with Gasteiger partial charge < -0.3 is 4.74 Å². The second-order valence-corrected chi connectivity index (χ2v) is 10.9. The van der Waals surface area contributed by atoms with E-state index in [1.807, 2.05) is 0 Å². The highest BCUT2D eigenvalue weighted by molar-refractivity contribution is 6.97. The van der Waals surface area contributed by atoms with Crippen LogP contribution in [-0.4, -0.2) is 6.71 Å². The van der Waals surface area contributed by atoms with Crippen LogP contribution in [-0.2, 0) is 0 Å². The Balaban J connectivity index is 1.73. The number of rotatable bonds is 3. The van der Waals surface area contributed by atoms with Gasteiger partial charge in [-0.2, -0.15) is 0 Å². The molecule has 6 aromatic rings. The van der Waals surface area contributed by atoms with Gasteiger partial charge in [-0.1, -0.05) is 117 Å². The fraction of sp³-hybridized carbons (Fsp3) is 0.176. The lowest BCUT2D eigenvalue weighted by Crippen LogP contribution is -2.51. The first kappa shape index (κ1) is 21.5. The van der Waals surface area contributed by atoms with E-state index < -0.39 is 0 Å². The van der Waals surface area contributed by atoms with Crippen LogP contribution in [0.1, 0.15) is 50.7 Å². The van der Waals surface area contributed by atoms with Crippen LogP contribution in [0.5, 0.6) is 11.5 Å². The van der Waals surface area contributed by atoms with E-state index in [9.17, 15) is 0 Å². The van der Waals surface area contributed by atoms with Crippen molar-refractivity contribution in [3.05, 3.63) is 102 Å². The molecule has 0 atom stereocenters. The Hall–Kier alpha value is -3.78.